The minimum Gasteiger partial charge on any atom is -0.367 e. The quantitative estimate of drug-likeness (QED) is 0.339. The van der Waals surface area contributed by atoms with Crippen molar-refractivity contribution in [2.24, 2.45) is 17.3 Å². The van der Waals surface area contributed by atoms with E-state index in [1.165, 1.54) is 0 Å². The largest absolute Gasteiger partial charge is 0.367 e. The van der Waals surface area contributed by atoms with Gasteiger partial charge in [-0.15, -0.1) is 0 Å². The molecule has 4 nitrogen and oxygen atoms in total. The SMILES string of the molecule is CC(C)CC#Cc1ccc2c(NC(C)C(C)(C)C)nc3c(C#CCC(C)C)c[nH]c(=O)c3c2c1. The first-order valence-electron chi connectivity index (χ1n) is 12.2. The second-order valence-electron chi connectivity index (χ2n) is 11.0. The molecular formula is C30H37N3O. The standard InChI is InChI=1S/C30H37N3O/c1-19(2)11-9-13-22-15-16-24-25(17-22)26-27(33-28(24)32-21(5)30(6,7)8)23(18-31-29(26)34)14-10-12-20(3)4/h15-21H,11-12H2,1-8H3,(H,31,34)(H,32,33). The highest BCUT2D eigenvalue weighted by atomic mass is 16.1. The zero-order valence-corrected chi connectivity index (χ0v) is 21.8. The summed E-state index contributed by atoms with van der Waals surface area (Å²) < 4.78 is 0. The third-order valence-corrected chi connectivity index (χ3v) is 5.96. The Morgan fingerprint density at radius 3 is 2.24 bits per heavy atom. The first-order chi connectivity index (χ1) is 16.0. The molecule has 34 heavy (non-hydrogen) atoms. The minimum absolute atomic E-state index is 0.0410. The van der Waals surface area contributed by atoms with Crippen molar-refractivity contribution in [1.82, 2.24) is 9.97 Å². The summed E-state index contributed by atoms with van der Waals surface area (Å²) in [6, 6.07) is 6.22. The summed E-state index contributed by atoms with van der Waals surface area (Å²) in [6.45, 7) is 17.3. The van der Waals surface area contributed by atoms with Gasteiger partial charge in [-0.3, -0.25) is 4.79 Å². The highest BCUT2D eigenvalue weighted by molar-refractivity contribution is 6.11. The Balaban J connectivity index is 2.31. The van der Waals surface area contributed by atoms with Crippen LogP contribution in [0.25, 0.3) is 21.7 Å². The Bertz CT molecular complexity index is 1370. The Morgan fingerprint density at radius 2 is 1.62 bits per heavy atom. The number of hydrogen-bond donors (Lipinski definition) is 2. The number of rotatable bonds is 4. The van der Waals surface area contributed by atoms with Crippen LogP contribution in [0.4, 0.5) is 5.82 Å². The summed E-state index contributed by atoms with van der Waals surface area (Å²) in [5.74, 6) is 14.8. The fraction of sp³-hybridized carbons (Fsp3) is 0.467. The predicted molar refractivity (Wildman–Crippen MR) is 145 cm³/mol. The third kappa shape index (κ3) is 6.00. The molecule has 2 aromatic heterocycles. The lowest BCUT2D eigenvalue weighted by Crippen LogP contribution is -2.31. The maximum Gasteiger partial charge on any atom is 0.258 e. The molecule has 2 heterocycles. The van der Waals surface area contributed by atoms with E-state index in [0.717, 1.165) is 40.6 Å². The van der Waals surface area contributed by atoms with Crippen LogP contribution < -0.4 is 10.9 Å². The van der Waals surface area contributed by atoms with Crippen molar-refractivity contribution >= 4 is 27.5 Å². The van der Waals surface area contributed by atoms with Crippen LogP contribution in [0, 0.1) is 40.9 Å². The molecule has 0 spiro atoms. The van der Waals surface area contributed by atoms with Crippen LogP contribution in [0.15, 0.2) is 29.2 Å². The van der Waals surface area contributed by atoms with Crippen LogP contribution in [-0.4, -0.2) is 16.0 Å². The summed E-state index contributed by atoms with van der Waals surface area (Å²) in [6.07, 6.45) is 3.30. The number of aromatic amines is 1. The molecular weight excluding hydrogens is 418 g/mol. The van der Waals surface area contributed by atoms with Crippen LogP contribution in [0.5, 0.6) is 0 Å². The van der Waals surface area contributed by atoms with E-state index in [1.807, 2.05) is 18.2 Å². The fourth-order valence-corrected chi connectivity index (χ4v) is 3.43. The van der Waals surface area contributed by atoms with Gasteiger partial charge in [0.1, 0.15) is 5.82 Å². The van der Waals surface area contributed by atoms with Gasteiger partial charge in [0, 0.05) is 41.4 Å². The number of nitrogens with zero attached hydrogens (tertiary/aromatic N) is 1. The van der Waals surface area contributed by atoms with Crippen molar-refractivity contribution in [2.45, 2.75) is 74.3 Å². The maximum atomic E-state index is 13.0. The Morgan fingerprint density at radius 1 is 0.971 bits per heavy atom. The predicted octanol–water partition coefficient (Wildman–Crippen LogP) is 6.72. The molecule has 4 heteroatoms. The van der Waals surface area contributed by atoms with Gasteiger partial charge in [0.2, 0.25) is 0 Å². The number of fused-ring (bicyclic) bond motifs is 3. The summed E-state index contributed by atoms with van der Waals surface area (Å²) in [5.41, 5.74) is 2.14. The van der Waals surface area contributed by atoms with Gasteiger partial charge < -0.3 is 10.3 Å². The number of aromatic nitrogens is 2. The molecule has 2 N–H and O–H groups in total. The van der Waals surface area contributed by atoms with Gasteiger partial charge in [-0.2, -0.15) is 0 Å². The van der Waals surface area contributed by atoms with Gasteiger partial charge >= 0.3 is 0 Å². The van der Waals surface area contributed by atoms with Gasteiger partial charge in [0.05, 0.1) is 16.5 Å². The Hall–Kier alpha value is -3.24. The van der Waals surface area contributed by atoms with Crippen LogP contribution in [0.3, 0.4) is 0 Å². The monoisotopic (exact) mass is 455 g/mol. The third-order valence-electron chi connectivity index (χ3n) is 5.96. The van der Waals surface area contributed by atoms with E-state index in [0.29, 0.717) is 22.7 Å². The topological polar surface area (TPSA) is 57.8 Å². The molecule has 3 rings (SSSR count). The summed E-state index contributed by atoms with van der Waals surface area (Å²) in [4.78, 5) is 20.9. The van der Waals surface area contributed by atoms with E-state index in [-0.39, 0.29) is 17.0 Å². The molecule has 1 aromatic carbocycles. The molecule has 0 saturated heterocycles. The fourth-order valence-electron chi connectivity index (χ4n) is 3.43. The van der Waals surface area contributed by atoms with E-state index in [4.69, 9.17) is 4.98 Å². The number of nitrogens with one attached hydrogen (secondary N) is 2. The van der Waals surface area contributed by atoms with Crippen LogP contribution in [-0.2, 0) is 0 Å². The molecule has 3 aromatic rings. The van der Waals surface area contributed by atoms with Gasteiger partial charge in [-0.05, 0) is 42.4 Å². The van der Waals surface area contributed by atoms with Crippen LogP contribution in [0.1, 0.15) is 79.4 Å². The number of H-pyrrole nitrogens is 1. The molecule has 0 fully saturated rings. The van der Waals surface area contributed by atoms with Gasteiger partial charge in [-0.25, -0.2) is 4.98 Å². The van der Waals surface area contributed by atoms with E-state index in [1.54, 1.807) is 6.20 Å². The molecule has 0 aliphatic rings. The number of pyridine rings is 2. The van der Waals surface area contributed by atoms with Crippen molar-refractivity contribution in [2.75, 3.05) is 5.32 Å². The van der Waals surface area contributed by atoms with Gasteiger partial charge in [0.25, 0.3) is 5.56 Å². The smallest absolute Gasteiger partial charge is 0.258 e. The first kappa shape index (κ1) is 25.4. The zero-order valence-electron chi connectivity index (χ0n) is 21.8. The highest BCUT2D eigenvalue weighted by Crippen LogP contribution is 2.32. The average Bonchev–Trinajstić information content (AvgIpc) is 2.74. The molecule has 0 aliphatic heterocycles. The average molecular weight is 456 g/mol. The Kier molecular flexibility index (Phi) is 7.73. The van der Waals surface area contributed by atoms with Crippen molar-refractivity contribution < 1.29 is 0 Å². The molecule has 1 unspecified atom stereocenters. The first-order valence-corrected chi connectivity index (χ1v) is 12.2. The lowest BCUT2D eigenvalue weighted by Gasteiger charge is -2.29. The second-order valence-corrected chi connectivity index (χ2v) is 11.0. The van der Waals surface area contributed by atoms with E-state index in [2.05, 4.69) is 89.4 Å². The second kappa shape index (κ2) is 10.4. The van der Waals surface area contributed by atoms with Crippen LogP contribution in [0.2, 0.25) is 0 Å². The molecule has 0 aliphatic carbocycles. The van der Waals surface area contributed by atoms with Crippen molar-refractivity contribution in [1.29, 1.82) is 0 Å². The molecule has 178 valence electrons. The Labute approximate surface area is 204 Å². The number of benzene rings is 1. The summed E-state index contributed by atoms with van der Waals surface area (Å²) in [7, 11) is 0. The molecule has 0 radical (unpaired) electrons. The highest BCUT2D eigenvalue weighted by Gasteiger charge is 2.22. The summed E-state index contributed by atoms with van der Waals surface area (Å²) in [5, 5.41) is 5.93. The van der Waals surface area contributed by atoms with Crippen molar-refractivity contribution in [3.8, 4) is 23.7 Å². The number of anilines is 1. The van der Waals surface area contributed by atoms with E-state index >= 15 is 0 Å². The minimum atomic E-state index is -0.162. The zero-order chi connectivity index (χ0) is 25.0. The van der Waals surface area contributed by atoms with Gasteiger partial charge in [-0.1, -0.05) is 72.1 Å². The van der Waals surface area contributed by atoms with Crippen molar-refractivity contribution in [3.05, 3.63) is 45.9 Å². The summed E-state index contributed by atoms with van der Waals surface area (Å²) >= 11 is 0. The normalized spacial score (nSPS) is 12.4. The van der Waals surface area contributed by atoms with Gasteiger partial charge in [0.15, 0.2) is 0 Å². The van der Waals surface area contributed by atoms with E-state index < -0.39 is 0 Å². The molecule has 0 bridgehead atoms. The molecule has 0 saturated carbocycles. The molecule has 1 atom stereocenters. The van der Waals surface area contributed by atoms with Crippen molar-refractivity contribution in [3.63, 3.8) is 0 Å². The molecule has 0 amide bonds. The van der Waals surface area contributed by atoms with E-state index in [9.17, 15) is 4.79 Å². The maximum absolute atomic E-state index is 13.0. The lowest BCUT2D eigenvalue weighted by atomic mass is 9.88. The van der Waals surface area contributed by atoms with Crippen LogP contribution >= 0.6 is 0 Å². The lowest BCUT2D eigenvalue weighted by molar-refractivity contribution is 0.359. The number of hydrogen-bond acceptors (Lipinski definition) is 3.